The van der Waals surface area contributed by atoms with E-state index in [0.29, 0.717) is 0 Å². The van der Waals surface area contributed by atoms with Gasteiger partial charge in [0.1, 0.15) is 0 Å². The quantitative estimate of drug-likeness (QED) is 0.605. The minimum absolute atomic E-state index is 0.0398. The highest BCUT2D eigenvalue weighted by Crippen LogP contribution is 2.16. The number of rotatable bonds is 4. The molecule has 0 amide bonds. The van der Waals surface area contributed by atoms with Crippen LogP contribution in [-0.2, 0) is 13.5 Å². The second-order valence-electron chi connectivity index (χ2n) is 4.14. The summed E-state index contributed by atoms with van der Waals surface area (Å²) in [5.41, 5.74) is 5.89. The zero-order valence-electron chi connectivity index (χ0n) is 10.1. The molecule has 2 heterocycles. The molecule has 0 radical (unpaired) electrons. The number of hydrogen-bond acceptors (Lipinski definition) is 4. The first-order valence-electron chi connectivity index (χ1n) is 5.56. The highest BCUT2D eigenvalue weighted by molar-refractivity contribution is 5.19. The zero-order chi connectivity index (χ0) is 12.3. The Labute approximate surface area is 101 Å². The van der Waals surface area contributed by atoms with Gasteiger partial charge in [-0.3, -0.25) is 20.9 Å². The first-order valence-corrected chi connectivity index (χ1v) is 5.56. The molecule has 5 nitrogen and oxygen atoms in total. The van der Waals surface area contributed by atoms with Gasteiger partial charge >= 0.3 is 0 Å². The van der Waals surface area contributed by atoms with E-state index in [4.69, 9.17) is 5.84 Å². The van der Waals surface area contributed by atoms with Crippen molar-refractivity contribution >= 4 is 0 Å². The lowest BCUT2D eigenvalue weighted by Gasteiger charge is -2.14. The van der Waals surface area contributed by atoms with Crippen molar-refractivity contribution in [1.29, 1.82) is 0 Å². The van der Waals surface area contributed by atoms with Crippen LogP contribution in [0.4, 0.5) is 0 Å². The van der Waals surface area contributed by atoms with Gasteiger partial charge in [0, 0.05) is 31.6 Å². The number of nitrogens with one attached hydrogen (secondary N) is 1. The van der Waals surface area contributed by atoms with Gasteiger partial charge in [-0.1, -0.05) is 6.07 Å². The first-order chi connectivity index (χ1) is 8.19. The molecule has 1 atom stereocenters. The fraction of sp³-hybridized carbons (Fsp3) is 0.333. The Morgan fingerprint density at radius 1 is 1.41 bits per heavy atom. The Kier molecular flexibility index (Phi) is 3.51. The molecular formula is C12H17N5. The lowest BCUT2D eigenvalue weighted by Crippen LogP contribution is -2.29. The molecule has 5 heteroatoms. The maximum atomic E-state index is 5.59. The maximum Gasteiger partial charge on any atom is 0.0643 e. The lowest BCUT2D eigenvalue weighted by molar-refractivity contribution is 0.539. The van der Waals surface area contributed by atoms with Gasteiger partial charge < -0.3 is 0 Å². The summed E-state index contributed by atoms with van der Waals surface area (Å²) >= 11 is 0. The molecule has 1 unspecified atom stereocenters. The van der Waals surface area contributed by atoms with Crippen molar-refractivity contribution in [3.05, 3.63) is 47.5 Å². The molecule has 0 aliphatic heterocycles. The number of aryl methyl sites for hydroxylation is 2. The molecule has 2 aromatic heterocycles. The van der Waals surface area contributed by atoms with E-state index in [1.807, 2.05) is 44.6 Å². The van der Waals surface area contributed by atoms with Crippen LogP contribution >= 0.6 is 0 Å². The second-order valence-corrected chi connectivity index (χ2v) is 4.14. The van der Waals surface area contributed by atoms with Gasteiger partial charge in [0.15, 0.2) is 0 Å². The molecule has 90 valence electrons. The largest absolute Gasteiger partial charge is 0.276 e. The summed E-state index contributed by atoms with van der Waals surface area (Å²) in [7, 11) is 1.90. The van der Waals surface area contributed by atoms with Gasteiger partial charge in [-0.15, -0.1) is 0 Å². The van der Waals surface area contributed by atoms with E-state index < -0.39 is 0 Å². The Hall–Kier alpha value is -1.72. The number of hydrogen-bond donors (Lipinski definition) is 2. The van der Waals surface area contributed by atoms with Crippen LogP contribution in [0, 0.1) is 6.92 Å². The second kappa shape index (κ2) is 5.07. The SMILES string of the molecule is Cc1ccc(C(Cc2ccn(C)n2)NN)cn1. The number of pyridine rings is 1. The lowest BCUT2D eigenvalue weighted by atomic mass is 10.0. The van der Waals surface area contributed by atoms with Crippen molar-refractivity contribution in [3.8, 4) is 0 Å². The van der Waals surface area contributed by atoms with Crippen molar-refractivity contribution in [1.82, 2.24) is 20.2 Å². The highest BCUT2D eigenvalue weighted by Gasteiger charge is 2.12. The molecule has 0 bridgehead atoms. The van der Waals surface area contributed by atoms with Crippen LogP contribution < -0.4 is 11.3 Å². The average Bonchev–Trinajstić information content (AvgIpc) is 2.73. The third kappa shape index (κ3) is 2.89. The Morgan fingerprint density at radius 3 is 2.76 bits per heavy atom. The minimum Gasteiger partial charge on any atom is -0.276 e. The monoisotopic (exact) mass is 231 g/mol. The molecule has 0 saturated heterocycles. The standard InChI is InChI=1S/C12H17N5/c1-9-3-4-10(8-14-9)12(15-13)7-11-5-6-17(2)16-11/h3-6,8,12,15H,7,13H2,1-2H3. The summed E-state index contributed by atoms with van der Waals surface area (Å²) < 4.78 is 1.79. The van der Waals surface area contributed by atoms with Crippen molar-refractivity contribution in [2.75, 3.05) is 0 Å². The normalized spacial score (nSPS) is 12.6. The summed E-state index contributed by atoms with van der Waals surface area (Å²) in [6.45, 7) is 1.97. The van der Waals surface area contributed by atoms with Crippen LogP contribution in [0.3, 0.4) is 0 Å². The Balaban J connectivity index is 2.13. The van der Waals surface area contributed by atoms with Crippen LogP contribution in [-0.4, -0.2) is 14.8 Å². The molecule has 0 aliphatic rings. The van der Waals surface area contributed by atoms with Crippen molar-refractivity contribution in [3.63, 3.8) is 0 Å². The molecule has 2 rings (SSSR count). The van der Waals surface area contributed by atoms with Crippen molar-refractivity contribution in [2.24, 2.45) is 12.9 Å². The number of aromatic nitrogens is 3. The van der Waals surface area contributed by atoms with E-state index in [2.05, 4.69) is 15.5 Å². The van der Waals surface area contributed by atoms with Crippen LogP contribution in [0.2, 0.25) is 0 Å². The van der Waals surface area contributed by atoms with Gasteiger partial charge in [-0.2, -0.15) is 5.10 Å². The molecule has 0 spiro atoms. The summed E-state index contributed by atoms with van der Waals surface area (Å²) in [5, 5.41) is 4.34. The van der Waals surface area contributed by atoms with E-state index in [-0.39, 0.29) is 6.04 Å². The van der Waals surface area contributed by atoms with Gasteiger partial charge in [0.25, 0.3) is 0 Å². The third-order valence-electron chi connectivity index (χ3n) is 2.72. The first kappa shape index (κ1) is 11.8. The van der Waals surface area contributed by atoms with Gasteiger partial charge in [0.05, 0.1) is 11.7 Å². The Morgan fingerprint density at radius 2 is 2.24 bits per heavy atom. The zero-order valence-corrected chi connectivity index (χ0v) is 10.1. The fourth-order valence-electron chi connectivity index (χ4n) is 1.74. The van der Waals surface area contributed by atoms with Crippen LogP contribution in [0.25, 0.3) is 0 Å². The van der Waals surface area contributed by atoms with Gasteiger partial charge in [0.2, 0.25) is 0 Å². The minimum atomic E-state index is 0.0398. The van der Waals surface area contributed by atoms with Crippen molar-refractivity contribution < 1.29 is 0 Å². The highest BCUT2D eigenvalue weighted by atomic mass is 15.3. The topological polar surface area (TPSA) is 68.8 Å². The fourth-order valence-corrected chi connectivity index (χ4v) is 1.74. The van der Waals surface area contributed by atoms with E-state index in [1.165, 1.54) is 0 Å². The number of nitrogens with two attached hydrogens (primary N) is 1. The summed E-state index contributed by atoms with van der Waals surface area (Å²) in [4.78, 5) is 4.27. The molecule has 17 heavy (non-hydrogen) atoms. The molecule has 0 saturated carbocycles. The van der Waals surface area contributed by atoms with E-state index in [0.717, 1.165) is 23.4 Å². The molecular weight excluding hydrogens is 214 g/mol. The van der Waals surface area contributed by atoms with Crippen LogP contribution in [0.5, 0.6) is 0 Å². The van der Waals surface area contributed by atoms with Crippen LogP contribution in [0.1, 0.15) is 23.0 Å². The number of hydrazine groups is 1. The average molecular weight is 231 g/mol. The molecule has 0 fully saturated rings. The molecule has 2 aromatic rings. The predicted molar refractivity (Wildman–Crippen MR) is 66.0 cm³/mol. The van der Waals surface area contributed by atoms with Gasteiger partial charge in [-0.05, 0) is 24.6 Å². The predicted octanol–water partition coefficient (Wildman–Crippen LogP) is 0.871. The molecule has 0 aliphatic carbocycles. The maximum absolute atomic E-state index is 5.59. The molecule has 3 N–H and O–H groups in total. The van der Waals surface area contributed by atoms with E-state index in [9.17, 15) is 0 Å². The Bertz CT molecular complexity index is 474. The smallest absolute Gasteiger partial charge is 0.0643 e. The van der Waals surface area contributed by atoms with Crippen molar-refractivity contribution in [2.45, 2.75) is 19.4 Å². The summed E-state index contributed by atoms with van der Waals surface area (Å²) in [5.74, 6) is 5.59. The summed E-state index contributed by atoms with van der Waals surface area (Å²) in [6, 6.07) is 6.05. The van der Waals surface area contributed by atoms with Gasteiger partial charge in [-0.25, -0.2) is 0 Å². The van der Waals surface area contributed by atoms with Crippen LogP contribution in [0.15, 0.2) is 30.6 Å². The number of nitrogens with zero attached hydrogens (tertiary/aromatic N) is 3. The van der Waals surface area contributed by atoms with E-state index in [1.54, 1.807) is 4.68 Å². The van der Waals surface area contributed by atoms with E-state index >= 15 is 0 Å². The third-order valence-corrected chi connectivity index (χ3v) is 2.72. The molecule has 0 aromatic carbocycles. The summed E-state index contributed by atoms with van der Waals surface area (Å²) in [6.07, 6.45) is 4.53.